The van der Waals surface area contributed by atoms with Crippen LogP contribution in [0.2, 0.25) is 0 Å². The first-order chi connectivity index (χ1) is 19.1. The van der Waals surface area contributed by atoms with Crippen molar-refractivity contribution in [2.24, 2.45) is 5.92 Å². The van der Waals surface area contributed by atoms with Gasteiger partial charge in [0.1, 0.15) is 17.8 Å². The van der Waals surface area contributed by atoms with Crippen molar-refractivity contribution in [2.75, 3.05) is 33.3 Å². The highest BCUT2D eigenvalue weighted by molar-refractivity contribution is 5.36. The Hall–Kier alpha value is -2.30. The molecule has 1 saturated heterocycles. The standard InChI is InChI=1S/C30H39F6N3O/c1-40-26-15-9-8-14-24(26)25(19-37-18-23-12-6-3-7-13-23)38-20-27(29(31,32)33)39(28(21-38)30(34,35)36)17-16-22-10-4-2-5-11-22/h3,6-9,12-15,22,25,27-28,37H,2,4-5,10-11,16-21H2,1H3. The lowest BCUT2D eigenvalue weighted by atomic mass is 9.86. The normalized spacial score (nSPS) is 22.8. The highest BCUT2D eigenvalue weighted by Crippen LogP contribution is 2.41. The number of halogens is 6. The highest BCUT2D eigenvalue weighted by atomic mass is 19.4. The molecule has 40 heavy (non-hydrogen) atoms. The molecule has 1 N–H and O–H groups in total. The van der Waals surface area contributed by atoms with Crippen molar-refractivity contribution in [2.45, 2.75) is 75.5 Å². The van der Waals surface area contributed by atoms with Crippen LogP contribution in [0, 0.1) is 5.92 Å². The summed E-state index contributed by atoms with van der Waals surface area (Å²) in [6, 6.07) is 11.1. The van der Waals surface area contributed by atoms with E-state index in [-0.39, 0.29) is 19.0 Å². The van der Waals surface area contributed by atoms with Crippen LogP contribution < -0.4 is 10.1 Å². The lowest BCUT2D eigenvalue weighted by Gasteiger charge is -2.50. The number of hydrogen-bond donors (Lipinski definition) is 1. The molecule has 3 atom stereocenters. The Kier molecular flexibility index (Phi) is 10.4. The number of rotatable bonds is 10. The predicted molar refractivity (Wildman–Crippen MR) is 143 cm³/mol. The third-order valence-electron chi connectivity index (χ3n) is 8.34. The Morgan fingerprint density at radius 3 is 2.05 bits per heavy atom. The highest BCUT2D eigenvalue weighted by Gasteiger charge is 2.57. The fraction of sp³-hybridized carbons (Fsp3) is 0.600. The van der Waals surface area contributed by atoms with Crippen molar-refractivity contribution in [3.8, 4) is 5.75 Å². The summed E-state index contributed by atoms with van der Waals surface area (Å²) in [5.41, 5.74) is 1.53. The first-order valence-electron chi connectivity index (χ1n) is 14.1. The molecular weight excluding hydrogens is 532 g/mol. The minimum atomic E-state index is -4.81. The van der Waals surface area contributed by atoms with E-state index in [2.05, 4.69) is 5.32 Å². The van der Waals surface area contributed by atoms with Crippen LogP contribution in [0.15, 0.2) is 54.6 Å². The Morgan fingerprint density at radius 2 is 1.45 bits per heavy atom. The van der Waals surface area contributed by atoms with Crippen LogP contribution in [-0.2, 0) is 6.54 Å². The van der Waals surface area contributed by atoms with E-state index in [4.69, 9.17) is 4.74 Å². The summed E-state index contributed by atoms with van der Waals surface area (Å²) in [5.74, 6) is 0.610. The van der Waals surface area contributed by atoms with Gasteiger partial charge in [0.2, 0.25) is 0 Å². The summed E-state index contributed by atoms with van der Waals surface area (Å²) in [6.07, 6.45) is -4.47. The zero-order chi connectivity index (χ0) is 28.8. The number of piperazine rings is 1. The van der Waals surface area contributed by atoms with E-state index in [9.17, 15) is 26.3 Å². The third kappa shape index (κ3) is 7.91. The summed E-state index contributed by atoms with van der Waals surface area (Å²) >= 11 is 0. The monoisotopic (exact) mass is 571 g/mol. The van der Waals surface area contributed by atoms with E-state index in [1.54, 1.807) is 24.3 Å². The summed E-state index contributed by atoms with van der Waals surface area (Å²) in [6.45, 7) is -0.711. The van der Waals surface area contributed by atoms with E-state index in [0.29, 0.717) is 29.2 Å². The van der Waals surface area contributed by atoms with Crippen LogP contribution in [0.1, 0.15) is 55.7 Å². The van der Waals surface area contributed by atoms with E-state index >= 15 is 0 Å². The van der Waals surface area contributed by atoms with Crippen LogP contribution in [-0.4, -0.2) is 67.5 Å². The molecule has 1 heterocycles. The summed E-state index contributed by atoms with van der Waals surface area (Å²) in [5, 5.41) is 3.26. The molecule has 2 aromatic carbocycles. The number of para-hydroxylation sites is 1. The first-order valence-corrected chi connectivity index (χ1v) is 14.1. The molecule has 0 radical (unpaired) electrons. The Balaban J connectivity index is 1.62. The van der Waals surface area contributed by atoms with Crippen LogP contribution >= 0.6 is 0 Å². The van der Waals surface area contributed by atoms with Crippen molar-refractivity contribution in [3.63, 3.8) is 0 Å². The van der Waals surface area contributed by atoms with Gasteiger partial charge in [-0.1, -0.05) is 80.6 Å². The zero-order valence-electron chi connectivity index (χ0n) is 22.9. The average molecular weight is 572 g/mol. The number of alkyl halides is 6. The van der Waals surface area contributed by atoms with Gasteiger partial charge in [-0.3, -0.25) is 9.80 Å². The van der Waals surface area contributed by atoms with E-state index in [0.717, 1.165) is 37.7 Å². The fourth-order valence-electron chi connectivity index (χ4n) is 6.23. The Morgan fingerprint density at radius 1 is 0.850 bits per heavy atom. The molecule has 2 aromatic rings. The van der Waals surface area contributed by atoms with Crippen LogP contribution in [0.25, 0.3) is 0 Å². The molecule has 2 aliphatic rings. The topological polar surface area (TPSA) is 27.7 Å². The smallest absolute Gasteiger partial charge is 0.405 e. The molecule has 1 aliphatic carbocycles. The average Bonchev–Trinajstić information content (AvgIpc) is 2.94. The first kappa shape index (κ1) is 30.7. The van der Waals surface area contributed by atoms with Crippen molar-refractivity contribution in [1.82, 2.24) is 15.1 Å². The number of hydrogen-bond acceptors (Lipinski definition) is 4. The molecular formula is C30H39F6N3O. The van der Waals surface area contributed by atoms with Crippen LogP contribution in [0.4, 0.5) is 26.3 Å². The van der Waals surface area contributed by atoms with E-state index in [1.165, 1.54) is 12.0 Å². The van der Waals surface area contributed by atoms with Gasteiger partial charge in [-0.05, 0) is 30.5 Å². The summed E-state index contributed by atoms with van der Waals surface area (Å²) < 4.78 is 92.5. The van der Waals surface area contributed by atoms with Gasteiger partial charge in [-0.15, -0.1) is 0 Å². The molecule has 1 saturated carbocycles. The summed E-state index contributed by atoms with van der Waals surface area (Å²) in [4.78, 5) is 2.05. The van der Waals surface area contributed by atoms with Crippen molar-refractivity contribution >= 4 is 0 Å². The zero-order valence-corrected chi connectivity index (χ0v) is 22.9. The second kappa shape index (κ2) is 13.6. The van der Waals surface area contributed by atoms with Crippen molar-refractivity contribution in [1.29, 1.82) is 0 Å². The van der Waals surface area contributed by atoms with Gasteiger partial charge in [-0.25, -0.2) is 0 Å². The van der Waals surface area contributed by atoms with Gasteiger partial charge in [0.15, 0.2) is 0 Å². The molecule has 4 rings (SSSR count). The maximum Gasteiger partial charge on any atom is 0.405 e. The van der Waals surface area contributed by atoms with Gasteiger partial charge < -0.3 is 10.1 Å². The third-order valence-corrected chi connectivity index (χ3v) is 8.34. The van der Waals surface area contributed by atoms with Crippen molar-refractivity contribution < 1.29 is 31.1 Å². The number of nitrogens with one attached hydrogen (secondary N) is 1. The quantitative estimate of drug-likeness (QED) is 0.312. The van der Waals surface area contributed by atoms with Crippen LogP contribution in [0.3, 0.4) is 0 Å². The largest absolute Gasteiger partial charge is 0.496 e. The number of nitrogens with zero attached hydrogens (tertiary/aromatic N) is 2. The molecule has 0 spiro atoms. The maximum atomic E-state index is 14.5. The predicted octanol–water partition coefficient (Wildman–Crippen LogP) is 6.98. The second-order valence-corrected chi connectivity index (χ2v) is 11.0. The number of ether oxygens (including phenoxy) is 1. The molecule has 0 aromatic heterocycles. The molecule has 1 aliphatic heterocycles. The molecule has 4 nitrogen and oxygen atoms in total. The minimum absolute atomic E-state index is 0.159. The molecule has 222 valence electrons. The molecule has 0 amide bonds. The minimum Gasteiger partial charge on any atom is -0.496 e. The number of methoxy groups -OCH3 is 1. The lowest BCUT2D eigenvalue weighted by Crippen LogP contribution is -2.67. The molecule has 2 fully saturated rings. The fourth-order valence-corrected chi connectivity index (χ4v) is 6.23. The van der Waals surface area contributed by atoms with Gasteiger partial charge in [0.25, 0.3) is 0 Å². The van der Waals surface area contributed by atoms with Crippen molar-refractivity contribution in [3.05, 3.63) is 65.7 Å². The lowest BCUT2D eigenvalue weighted by molar-refractivity contribution is -0.257. The SMILES string of the molecule is COc1ccccc1C(CNCc1ccccc1)N1CC(C(F)(F)F)N(CCC2CCCCC2)C(C(F)(F)F)C1. The Labute approximate surface area is 232 Å². The van der Waals surface area contributed by atoms with Gasteiger partial charge >= 0.3 is 12.4 Å². The molecule has 3 unspecified atom stereocenters. The van der Waals surface area contributed by atoms with Gasteiger partial charge in [0, 0.05) is 31.7 Å². The van der Waals surface area contributed by atoms with Crippen LogP contribution in [0.5, 0.6) is 5.75 Å². The number of benzene rings is 2. The van der Waals surface area contributed by atoms with E-state index < -0.39 is 43.6 Å². The van der Waals surface area contributed by atoms with Gasteiger partial charge in [-0.2, -0.15) is 26.3 Å². The Bertz CT molecular complexity index is 1020. The summed E-state index contributed by atoms with van der Waals surface area (Å²) in [7, 11) is 1.45. The van der Waals surface area contributed by atoms with Gasteiger partial charge in [0.05, 0.1) is 13.2 Å². The molecule has 10 heteroatoms. The second-order valence-electron chi connectivity index (χ2n) is 11.0. The van der Waals surface area contributed by atoms with E-state index in [1.807, 2.05) is 30.3 Å². The molecule has 0 bridgehead atoms. The maximum absolute atomic E-state index is 14.5.